The Morgan fingerprint density at radius 1 is 1.14 bits per heavy atom. The standard InChI is InChI=1S/C14H10N2O5S/c1-8-7-22-14(20)15(8)6-11(17)21-16-12(18)9-4-2-3-5-10(9)13(16)19/h2-5,7H,6H2,1H3. The first-order chi connectivity index (χ1) is 10.5. The zero-order chi connectivity index (χ0) is 15.9. The van der Waals surface area contributed by atoms with Crippen LogP contribution < -0.4 is 4.87 Å². The van der Waals surface area contributed by atoms with Crippen molar-refractivity contribution in [1.82, 2.24) is 9.63 Å². The van der Waals surface area contributed by atoms with Crippen molar-refractivity contribution >= 4 is 29.1 Å². The summed E-state index contributed by atoms with van der Waals surface area (Å²) in [6.07, 6.45) is 0. The SMILES string of the molecule is Cc1csc(=O)n1CC(=O)ON1C(=O)c2ccccc2C1=O. The number of aromatic nitrogens is 1. The van der Waals surface area contributed by atoms with Crippen molar-refractivity contribution in [3.05, 3.63) is 56.1 Å². The summed E-state index contributed by atoms with van der Waals surface area (Å²) in [6.45, 7) is 1.31. The van der Waals surface area contributed by atoms with Crippen LogP contribution in [0.4, 0.5) is 0 Å². The third-order valence-corrected chi connectivity index (χ3v) is 4.09. The van der Waals surface area contributed by atoms with Gasteiger partial charge in [-0.2, -0.15) is 0 Å². The van der Waals surface area contributed by atoms with Crippen LogP contribution in [0.15, 0.2) is 34.4 Å². The van der Waals surface area contributed by atoms with E-state index < -0.39 is 17.8 Å². The number of hydrogen-bond acceptors (Lipinski definition) is 6. The molecule has 1 aromatic carbocycles. The van der Waals surface area contributed by atoms with Crippen LogP contribution in [0.3, 0.4) is 0 Å². The quantitative estimate of drug-likeness (QED) is 0.787. The van der Waals surface area contributed by atoms with Crippen LogP contribution in [0.1, 0.15) is 26.4 Å². The molecular weight excluding hydrogens is 308 g/mol. The van der Waals surface area contributed by atoms with Crippen molar-refractivity contribution in [2.45, 2.75) is 13.5 Å². The van der Waals surface area contributed by atoms with Crippen LogP contribution in [0, 0.1) is 6.92 Å². The number of nitrogens with zero attached hydrogens (tertiary/aromatic N) is 2. The number of aryl methyl sites for hydroxylation is 1. The topological polar surface area (TPSA) is 85.7 Å². The molecule has 0 aliphatic carbocycles. The maximum atomic E-state index is 12.0. The number of carbonyl (C=O) groups is 3. The van der Waals surface area contributed by atoms with Gasteiger partial charge in [0.1, 0.15) is 6.54 Å². The fourth-order valence-electron chi connectivity index (χ4n) is 2.11. The van der Waals surface area contributed by atoms with E-state index in [1.54, 1.807) is 24.4 Å². The second kappa shape index (κ2) is 5.23. The summed E-state index contributed by atoms with van der Waals surface area (Å²) in [5.41, 5.74) is 0.975. The molecule has 8 heteroatoms. The number of hydrogen-bond donors (Lipinski definition) is 0. The molecule has 0 N–H and O–H groups in total. The summed E-state index contributed by atoms with van der Waals surface area (Å²) in [5.74, 6) is -2.25. The summed E-state index contributed by atoms with van der Waals surface area (Å²) in [4.78, 5) is 52.0. The van der Waals surface area contributed by atoms with Crippen LogP contribution in [-0.2, 0) is 16.2 Å². The van der Waals surface area contributed by atoms with Crippen molar-refractivity contribution in [3.63, 3.8) is 0 Å². The van der Waals surface area contributed by atoms with E-state index in [4.69, 9.17) is 4.84 Å². The number of carbonyl (C=O) groups excluding carboxylic acids is 3. The Morgan fingerprint density at radius 2 is 1.73 bits per heavy atom. The number of thiazole rings is 1. The fraction of sp³-hybridized carbons (Fsp3) is 0.143. The molecule has 2 aromatic rings. The van der Waals surface area contributed by atoms with E-state index in [-0.39, 0.29) is 22.5 Å². The molecule has 2 heterocycles. The number of amides is 2. The molecule has 22 heavy (non-hydrogen) atoms. The van der Waals surface area contributed by atoms with Crippen LogP contribution in [0.2, 0.25) is 0 Å². The molecule has 0 spiro atoms. The monoisotopic (exact) mass is 318 g/mol. The Kier molecular flexibility index (Phi) is 3.38. The summed E-state index contributed by atoms with van der Waals surface area (Å²) < 4.78 is 1.21. The first kappa shape index (κ1) is 14.2. The summed E-state index contributed by atoms with van der Waals surface area (Å²) in [5, 5.41) is 2.04. The summed E-state index contributed by atoms with van der Waals surface area (Å²) in [6, 6.07) is 6.20. The Hall–Kier alpha value is -2.74. The van der Waals surface area contributed by atoms with E-state index in [0.29, 0.717) is 10.8 Å². The van der Waals surface area contributed by atoms with Gasteiger partial charge in [0.05, 0.1) is 11.1 Å². The third kappa shape index (κ3) is 2.23. The Morgan fingerprint density at radius 3 is 2.23 bits per heavy atom. The largest absolute Gasteiger partial charge is 0.352 e. The van der Waals surface area contributed by atoms with Gasteiger partial charge in [0.25, 0.3) is 11.8 Å². The van der Waals surface area contributed by atoms with E-state index in [0.717, 1.165) is 11.3 Å². The lowest BCUT2D eigenvalue weighted by Crippen LogP contribution is -2.35. The molecule has 7 nitrogen and oxygen atoms in total. The molecule has 0 radical (unpaired) electrons. The molecular formula is C14H10N2O5S. The first-order valence-corrected chi connectivity index (χ1v) is 7.20. The predicted octanol–water partition coefficient (Wildman–Crippen LogP) is 0.973. The second-order valence-electron chi connectivity index (χ2n) is 4.64. The molecule has 0 bridgehead atoms. The van der Waals surface area contributed by atoms with Crippen molar-refractivity contribution in [2.24, 2.45) is 0 Å². The third-order valence-electron chi connectivity index (χ3n) is 3.21. The molecule has 0 unspecified atom stereocenters. The number of hydroxylamine groups is 2. The van der Waals surface area contributed by atoms with E-state index in [1.165, 1.54) is 16.7 Å². The smallest absolute Gasteiger partial charge is 0.328 e. The molecule has 1 aromatic heterocycles. The van der Waals surface area contributed by atoms with Gasteiger partial charge >= 0.3 is 10.8 Å². The minimum Gasteiger partial charge on any atom is -0.328 e. The average molecular weight is 318 g/mol. The number of fused-ring (bicyclic) bond motifs is 1. The van der Waals surface area contributed by atoms with E-state index in [1.807, 2.05) is 0 Å². The van der Waals surface area contributed by atoms with Gasteiger partial charge in [-0.05, 0) is 19.1 Å². The van der Waals surface area contributed by atoms with Gasteiger partial charge in [-0.25, -0.2) is 4.79 Å². The number of rotatable bonds is 3. The molecule has 1 aliphatic heterocycles. The molecule has 112 valence electrons. The van der Waals surface area contributed by atoms with E-state index >= 15 is 0 Å². The highest BCUT2D eigenvalue weighted by atomic mass is 32.1. The molecule has 3 rings (SSSR count). The highest BCUT2D eigenvalue weighted by molar-refractivity contribution is 7.07. The summed E-state index contributed by atoms with van der Waals surface area (Å²) in [7, 11) is 0. The van der Waals surface area contributed by atoms with Gasteiger partial charge in [-0.15, -0.1) is 0 Å². The second-order valence-corrected chi connectivity index (χ2v) is 5.46. The Labute approximate surface area is 128 Å². The zero-order valence-electron chi connectivity index (χ0n) is 11.4. The van der Waals surface area contributed by atoms with E-state index in [9.17, 15) is 19.2 Å². The highest BCUT2D eigenvalue weighted by Crippen LogP contribution is 2.22. The highest BCUT2D eigenvalue weighted by Gasteiger charge is 2.38. The van der Waals surface area contributed by atoms with E-state index in [2.05, 4.69) is 0 Å². The predicted molar refractivity (Wildman–Crippen MR) is 76.4 cm³/mol. The van der Waals surface area contributed by atoms with Crippen molar-refractivity contribution in [1.29, 1.82) is 0 Å². The summed E-state index contributed by atoms with van der Waals surface area (Å²) >= 11 is 0.959. The minimum absolute atomic E-state index is 0.184. The van der Waals surface area contributed by atoms with Gasteiger partial charge in [0.2, 0.25) is 0 Å². The van der Waals surface area contributed by atoms with Crippen LogP contribution >= 0.6 is 11.3 Å². The maximum Gasteiger partial charge on any atom is 0.352 e. The van der Waals surface area contributed by atoms with Gasteiger partial charge in [-0.3, -0.25) is 19.0 Å². The lowest BCUT2D eigenvalue weighted by molar-refractivity contribution is -0.169. The normalized spacial score (nSPS) is 13.4. The van der Waals surface area contributed by atoms with Gasteiger partial charge in [0.15, 0.2) is 0 Å². The van der Waals surface area contributed by atoms with Gasteiger partial charge < -0.3 is 4.84 Å². The Balaban J connectivity index is 1.78. The van der Waals surface area contributed by atoms with Crippen molar-refractivity contribution in [3.8, 4) is 0 Å². The minimum atomic E-state index is -0.863. The van der Waals surface area contributed by atoms with Crippen molar-refractivity contribution < 1.29 is 19.2 Å². The van der Waals surface area contributed by atoms with Crippen LogP contribution in [0.5, 0.6) is 0 Å². The average Bonchev–Trinajstić information content (AvgIpc) is 2.94. The van der Waals surface area contributed by atoms with Gasteiger partial charge in [0, 0.05) is 11.1 Å². The fourth-order valence-corrected chi connectivity index (χ4v) is 2.84. The maximum absolute atomic E-state index is 12.0. The lowest BCUT2D eigenvalue weighted by Gasteiger charge is -2.13. The molecule has 0 saturated carbocycles. The van der Waals surface area contributed by atoms with Crippen LogP contribution in [0.25, 0.3) is 0 Å². The molecule has 2 amide bonds. The first-order valence-electron chi connectivity index (χ1n) is 6.32. The zero-order valence-corrected chi connectivity index (χ0v) is 12.3. The molecule has 1 aliphatic rings. The number of benzene rings is 1. The van der Waals surface area contributed by atoms with Crippen molar-refractivity contribution in [2.75, 3.05) is 0 Å². The molecule has 0 fully saturated rings. The van der Waals surface area contributed by atoms with Crippen LogP contribution in [-0.4, -0.2) is 27.4 Å². The lowest BCUT2D eigenvalue weighted by atomic mass is 10.1. The Bertz CT molecular complexity index is 816. The number of imide groups is 1. The van der Waals surface area contributed by atoms with Gasteiger partial charge in [-0.1, -0.05) is 28.5 Å². The molecule has 0 saturated heterocycles. The molecule has 0 atom stereocenters.